The summed E-state index contributed by atoms with van der Waals surface area (Å²) in [6, 6.07) is 0. The van der Waals surface area contributed by atoms with Gasteiger partial charge in [0, 0.05) is 11.4 Å². The molecule has 3 heteroatoms. The highest BCUT2D eigenvalue weighted by Gasteiger charge is 2.11. The van der Waals surface area contributed by atoms with Crippen molar-refractivity contribution < 1.29 is 0 Å². The molecule has 0 amide bonds. The Morgan fingerprint density at radius 3 is 2.69 bits per heavy atom. The maximum Gasteiger partial charge on any atom is 0.0931 e. The summed E-state index contributed by atoms with van der Waals surface area (Å²) in [5.74, 6) is 0.691. The molecule has 1 N–H and O–H groups in total. The Balaban J connectivity index is 2.73. The van der Waals surface area contributed by atoms with Gasteiger partial charge in [-0.1, -0.05) is 27.2 Å². The minimum Gasteiger partial charge on any atom is -0.315 e. The molecule has 1 aromatic heterocycles. The van der Waals surface area contributed by atoms with Crippen molar-refractivity contribution in [2.45, 2.75) is 53.0 Å². The van der Waals surface area contributed by atoms with Gasteiger partial charge >= 0.3 is 0 Å². The van der Waals surface area contributed by atoms with E-state index in [1.54, 1.807) is 0 Å². The fraction of sp³-hybridized carbons (Fsp3) is 0.769. The van der Waals surface area contributed by atoms with Crippen molar-refractivity contribution >= 4 is 11.3 Å². The maximum absolute atomic E-state index is 4.78. The Morgan fingerprint density at radius 2 is 2.12 bits per heavy atom. The molecule has 1 rings (SSSR count). The second-order valence-electron chi connectivity index (χ2n) is 4.71. The lowest BCUT2D eigenvalue weighted by molar-refractivity contribution is 0.628. The van der Waals surface area contributed by atoms with Crippen LogP contribution in [-0.4, -0.2) is 12.0 Å². The summed E-state index contributed by atoms with van der Waals surface area (Å²) < 4.78 is 0. The molecule has 1 heterocycles. The van der Waals surface area contributed by atoms with Gasteiger partial charge in [-0.25, -0.2) is 4.98 Å². The van der Waals surface area contributed by atoms with Crippen LogP contribution < -0.4 is 5.32 Å². The van der Waals surface area contributed by atoms with E-state index in [4.69, 9.17) is 4.98 Å². The summed E-state index contributed by atoms with van der Waals surface area (Å²) in [5.41, 5.74) is 1.32. The molecule has 0 aliphatic heterocycles. The molecule has 0 spiro atoms. The van der Waals surface area contributed by atoms with Gasteiger partial charge in [-0.2, -0.15) is 0 Å². The van der Waals surface area contributed by atoms with Gasteiger partial charge in [0.15, 0.2) is 0 Å². The van der Waals surface area contributed by atoms with Gasteiger partial charge in [-0.15, -0.1) is 11.3 Å². The fourth-order valence-electron chi connectivity index (χ4n) is 1.72. The SMILES string of the molecule is CCCCc1nc(CC(C)C)c(CNC)s1. The minimum absolute atomic E-state index is 0.691. The van der Waals surface area contributed by atoms with Crippen LogP contribution in [0.4, 0.5) is 0 Å². The molecule has 0 unspecified atom stereocenters. The van der Waals surface area contributed by atoms with Crippen LogP contribution >= 0.6 is 11.3 Å². The Bertz CT molecular complexity index is 305. The van der Waals surface area contributed by atoms with E-state index in [0.29, 0.717) is 5.92 Å². The molecule has 0 fully saturated rings. The highest BCUT2D eigenvalue weighted by Crippen LogP contribution is 2.22. The van der Waals surface area contributed by atoms with E-state index < -0.39 is 0 Å². The number of unbranched alkanes of at least 4 members (excludes halogenated alkanes) is 1. The van der Waals surface area contributed by atoms with E-state index in [1.807, 2.05) is 18.4 Å². The molecule has 0 aliphatic carbocycles. The van der Waals surface area contributed by atoms with Crippen molar-refractivity contribution in [3.63, 3.8) is 0 Å². The summed E-state index contributed by atoms with van der Waals surface area (Å²) in [6.07, 6.45) is 4.77. The third-order valence-corrected chi connectivity index (χ3v) is 3.66. The maximum atomic E-state index is 4.78. The Labute approximate surface area is 103 Å². The van der Waals surface area contributed by atoms with E-state index in [-0.39, 0.29) is 0 Å². The molecule has 0 radical (unpaired) electrons. The van der Waals surface area contributed by atoms with Crippen molar-refractivity contribution in [3.05, 3.63) is 15.6 Å². The van der Waals surface area contributed by atoms with Gasteiger partial charge in [-0.05, 0) is 32.2 Å². The first-order chi connectivity index (χ1) is 7.67. The van der Waals surface area contributed by atoms with Gasteiger partial charge in [0.05, 0.1) is 10.7 Å². The predicted molar refractivity (Wildman–Crippen MR) is 72.0 cm³/mol. The van der Waals surface area contributed by atoms with Crippen LogP contribution in [0.15, 0.2) is 0 Å². The first-order valence-electron chi connectivity index (χ1n) is 6.29. The number of nitrogens with one attached hydrogen (secondary N) is 1. The number of nitrogens with zero attached hydrogens (tertiary/aromatic N) is 1. The normalized spacial score (nSPS) is 11.3. The third-order valence-electron chi connectivity index (χ3n) is 2.51. The van der Waals surface area contributed by atoms with Crippen LogP contribution in [0.1, 0.15) is 49.2 Å². The lowest BCUT2D eigenvalue weighted by atomic mass is 10.1. The molecule has 92 valence electrons. The number of aromatic nitrogens is 1. The quantitative estimate of drug-likeness (QED) is 0.790. The topological polar surface area (TPSA) is 24.9 Å². The number of hydrogen-bond donors (Lipinski definition) is 1. The summed E-state index contributed by atoms with van der Waals surface area (Å²) in [6.45, 7) is 7.71. The molecule has 16 heavy (non-hydrogen) atoms. The van der Waals surface area contributed by atoms with Gasteiger partial charge in [-0.3, -0.25) is 0 Å². The van der Waals surface area contributed by atoms with Crippen molar-refractivity contribution in [1.29, 1.82) is 0 Å². The molecule has 0 atom stereocenters. The van der Waals surface area contributed by atoms with Crippen LogP contribution in [-0.2, 0) is 19.4 Å². The van der Waals surface area contributed by atoms with Crippen molar-refractivity contribution in [1.82, 2.24) is 10.3 Å². The molecular formula is C13H24N2S. The van der Waals surface area contributed by atoms with Crippen LogP contribution in [0.2, 0.25) is 0 Å². The van der Waals surface area contributed by atoms with Gasteiger partial charge in [0.1, 0.15) is 0 Å². The molecule has 0 aromatic carbocycles. The third kappa shape index (κ3) is 4.22. The fourth-order valence-corrected chi connectivity index (χ4v) is 2.87. The minimum atomic E-state index is 0.691. The first-order valence-corrected chi connectivity index (χ1v) is 7.11. The van der Waals surface area contributed by atoms with Gasteiger partial charge in [0.2, 0.25) is 0 Å². The Kier molecular flexibility index (Phi) is 5.99. The van der Waals surface area contributed by atoms with E-state index in [0.717, 1.165) is 19.4 Å². The zero-order chi connectivity index (χ0) is 12.0. The van der Waals surface area contributed by atoms with Crippen molar-refractivity contribution in [2.24, 2.45) is 5.92 Å². The summed E-state index contributed by atoms with van der Waals surface area (Å²) >= 11 is 1.89. The van der Waals surface area contributed by atoms with E-state index in [9.17, 15) is 0 Å². The zero-order valence-corrected chi connectivity index (χ0v) is 11.8. The molecular weight excluding hydrogens is 216 g/mol. The second-order valence-corrected chi connectivity index (χ2v) is 5.88. The number of aryl methyl sites for hydroxylation is 1. The van der Waals surface area contributed by atoms with E-state index in [2.05, 4.69) is 26.1 Å². The highest BCUT2D eigenvalue weighted by molar-refractivity contribution is 7.11. The summed E-state index contributed by atoms with van der Waals surface area (Å²) in [5, 5.41) is 4.56. The van der Waals surface area contributed by atoms with Crippen molar-refractivity contribution in [2.75, 3.05) is 7.05 Å². The highest BCUT2D eigenvalue weighted by atomic mass is 32.1. The summed E-state index contributed by atoms with van der Waals surface area (Å²) in [4.78, 5) is 6.22. The van der Waals surface area contributed by atoms with E-state index >= 15 is 0 Å². The second kappa shape index (κ2) is 7.02. The largest absolute Gasteiger partial charge is 0.315 e. The Morgan fingerprint density at radius 1 is 1.38 bits per heavy atom. The lowest BCUT2D eigenvalue weighted by Gasteiger charge is -2.03. The van der Waals surface area contributed by atoms with Gasteiger partial charge < -0.3 is 5.32 Å². The lowest BCUT2D eigenvalue weighted by Crippen LogP contribution is -2.07. The van der Waals surface area contributed by atoms with E-state index in [1.165, 1.54) is 28.4 Å². The molecule has 0 aliphatic rings. The molecule has 0 saturated heterocycles. The monoisotopic (exact) mass is 240 g/mol. The summed E-state index contributed by atoms with van der Waals surface area (Å²) in [7, 11) is 2.00. The van der Waals surface area contributed by atoms with Crippen LogP contribution in [0.25, 0.3) is 0 Å². The van der Waals surface area contributed by atoms with Crippen LogP contribution in [0, 0.1) is 5.92 Å². The van der Waals surface area contributed by atoms with Crippen LogP contribution in [0.5, 0.6) is 0 Å². The van der Waals surface area contributed by atoms with Gasteiger partial charge in [0.25, 0.3) is 0 Å². The average molecular weight is 240 g/mol. The smallest absolute Gasteiger partial charge is 0.0931 e. The van der Waals surface area contributed by atoms with Crippen LogP contribution in [0.3, 0.4) is 0 Å². The molecule has 2 nitrogen and oxygen atoms in total. The molecule has 0 saturated carbocycles. The molecule has 1 aromatic rings. The predicted octanol–water partition coefficient (Wildman–Crippen LogP) is 3.40. The number of hydrogen-bond acceptors (Lipinski definition) is 3. The zero-order valence-electron chi connectivity index (χ0n) is 11.0. The number of rotatable bonds is 7. The number of thiazole rings is 1. The Hall–Kier alpha value is -0.410. The average Bonchev–Trinajstić information content (AvgIpc) is 2.58. The van der Waals surface area contributed by atoms with Crippen molar-refractivity contribution in [3.8, 4) is 0 Å². The molecule has 0 bridgehead atoms. The first kappa shape index (κ1) is 13.7. The standard InChI is InChI=1S/C13H24N2S/c1-5-6-7-13-15-11(8-10(2)3)12(16-13)9-14-4/h10,14H,5-9H2,1-4H3.